The van der Waals surface area contributed by atoms with Crippen LogP contribution in [0.2, 0.25) is 0 Å². The fraction of sp³-hybridized carbons (Fsp3) is 0.692. The summed E-state index contributed by atoms with van der Waals surface area (Å²) >= 11 is 1.56. The first-order valence-electron chi connectivity index (χ1n) is 7.37. The number of ether oxygens (including phenoxy) is 1. The van der Waals surface area contributed by atoms with Crippen molar-refractivity contribution in [1.29, 1.82) is 0 Å². The van der Waals surface area contributed by atoms with Gasteiger partial charge in [0.25, 0.3) is 0 Å². The number of alkyl halides is 3. The van der Waals surface area contributed by atoms with E-state index in [1.54, 1.807) is 24.0 Å². The van der Waals surface area contributed by atoms with Gasteiger partial charge in [-0.15, -0.1) is 10.2 Å². The Morgan fingerprint density at radius 2 is 2.00 bits per heavy atom. The third kappa shape index (κ3) is 4.57. The van der Waals surface area contributed by atoms with Gasteiger partial charge in [-0.3, -0.25) is 4.79 Å². The molecule has 0 aliphatic carbocycles. The van der Waals surface area contributed by atoms with Crippen molar-refractivity contribution in [3.05, 3.63) is 5.51 Å². The van der Waals surface area contributed by atoms with E-state index in [-0.39, 0.29) is 12.5 Å². The average Bonchev–Trinajstić information content (AvgIpc) is 3.24. The van der Waals surface area contributed by atoms with Gasteiger partial charge in [-0.05, 0) is 12.8 Å². The SMILES string of the molecule is COCC(=O)N1CC[C@H]2[C@H]1CCN2c1nncs1.O=C(O)C(F)(F)F. The lowest BCUT2D eigenvalue weighted by molar-refractivity contribution is -0.192. The Bertz CT molecular complexity index is 599. The van der Waals surface area contributed by atoms with Gasteiger partial charge in [0.05, 0.1) is 12.1 Å². The van der Waals surface area contributed by atoms with Crippen LogP contribution in [0.1, 0.15) is 12.8 Å². The van der Waals surface area contributed by atoms with Crippen LogP contribution in [0.25, 0.3) is 0 Å². The van der Waals surface area contributed by atoms with Crippen molar-refractivity contribution in [3.8, 4) is 0 Å². The highest BCUT2D eigenvalue weighted by atomic mass is 32.1. The summed E-state index contributed by atoms with van der Waals surface area (Å²) in [4.78, 5) is 25.1. The number of hydrogen-bond donors (Lipinski definition) is 1. The third-order valence-electron chi connectivity index (χ3n) is 4.00. The number of carboxylic acid groups (broad SMARTS) is 1. The van der Waals surface area contributed by atoms with Gasteiger partial charge in [0.1, 0.15) is 12.1 Å². The fourth-order valence-electron chi connectivity index (χ4n) is 3.03. The molecule has 1 N–H and O–H groups in total. The van der Waals surface area contributed by atoms with E-state index in [9.17, 15) is 18.0 Å². The van der Waals surface area contributed by atoms with Gasteiger partial charge in [0.2, 0.25) is 11.0 Å². The Hall–Kier alpha value is -1.95. The number of aromatic nitrogens is 2. The van der Waals surface area contributed by atoms with Gasteiger partial charge < -0.3 is 19.6 Å². The second-order valence-corrected chi connectivity index (χ2v) is 6.26. The van der Waals surface area contributed by atoms with Crippen molar-refractivity contribution in [2.45, 2.75) is 31.1 Å². The standard InChI is InChI=1S/C11H16N4O2S.C2HF3O2/c1-17-6-10(16)14-4-2-9-8(14)3-5-15(9)11-13-12-7-18-11;3-2(4,5)1(6)7/h7-9H,2-6H2,1H3;(H,6,7)/t8-,9+;/m1./s1. The monoisotopic (exact) mass is 382 g/mol. The van der Waals surface area contributed by atoms with Crippen molar-refractivity contribution in [1.82, 2.24) is 15.1 Å². The molecule has 0 unspecified atom stereocenters. The molecule has 2 atom stereocenters. The minimum Gasteiger partial charge on any atom is -0.475 e. The summed E-state index contributed by atoms with van der Waals surface area (Å²) in [5.74, 6) is -2.66. The number of nitrogens with zero attached hydrogens (tertiary/aromatic N) is 4. The number of rotatable bonds is 3. The number of carbonyl (C=O) groups excluding carboxylic acids is 1. The van der Waals surface area contributed by atoms with Crippen LogP contribution in [-0.4, -0.2) is 77.1 Å². The van der Waals surface area contributed by atoms with E-state index in [1.165, 1.54) is 0 Å². The molecule has 2 saturated heterocycles. The summed E-state index contributed by atoms with van der Waals surface area (Å²) in [6.07, 6.45) is -3.06. The van der Waals surface area contributed by atoms with Crippen molar-refractivity contribution in [3.63, 3.8) is 0 Å². The number of halogens is 3. The summed E-state index contributed by atoms with van der Waals surface area (Å²) in [5, 5.41) is 16.1. The Kier molecular flexibility index (Phi) is 6.16. The van der Waals surface area contributed by atoms with Gasteiger partial charge in [0, 0.05) is 20.2 Å². The Morgan fingerprint density at radius 1 is 1.36 bits per heavy atom. The average molecular weight is 382 g/mol. The summed E-state index contributed by atoms with van der Waals surface area (Å²) in [6, 6.07) is 0.718. The molecule has 0 radical (unpaired) electrons. The first kappa shape index (κ1) is 19.4. The van der Waals surface area contributed by atoms with Gasteiger partial charge in [-0.25, -0.2) is 4.79 Å². The van der Waals surface area contributed by atoms with Crippen LogP contribution in [0.15, 0.2) is 5.51 Å². The van der Waals surface area contributed by atoms with Gasteiger partial charge in [-0.2, -0.15) is 13.2 Å². The van der Waals surface area contributed by atoms with E-state index in [1.807, 2.05) is 4.90 Å². The molecule has 25 heavy (non-hydrogen) atoms. The molecule has 2 aliphatic rings. The first-order chi connectivity index (χ1) is 11.8. The van der Waals surface area contributed by atoms with Gasteiger partial charge >= 0.3 is 12.1 Å². The number of aliphatic carboxylic acids is 1. The number of carbonyl (C=O) groups is 2. The molecular weight excluding hydrogens is 365 g/mol. The van der Waals surface area contributed by atoms with E-state index in [2.05, 4.69) is 15.1 Å². The number of likely N-dealkylation sites (tertiary alicyclic amines) is 1. The smallest absolute Gasteiger partial charge is 0.475 e. The molecule has 1 aromatic rings. The highest BCUT2D eigenvalue weighted by Gasteiger charge is 2.45. The molecule has 2 aliphatic heterocycles. The van der Waals surface area contributed by atoms with Crippen molar-refractivity contribution < 1.29 is 32.6 Å². The molecule has 3 rings (SSSR count). The van der Waals surface area contributed by atoms with Crippen LogP contribution in [0.3, 0.4) is 0 Å². The normalized spacial score (nSPS) is 22.4. The third-order valence-corrected chi connectivity index (χ3v) is 4.73. The molecule has 2 fully saturated rings. The topological polar surface area (TPSA) is 95.9 Å². The van der Waals surface area contributed by atoms with E-state index in [0.29, 0.717) is 12.1 Å². The second-order valence-electron chi connectivity index (χ2n) is 5.45. The number of hydrogen-bond acceptors (Lipinski definition) is 7. The number of anilines is 1. The van der Waals surface area contributed by atoms with Crippen molar-refractivity contribution in [2.75, 3.05) is 31.7 Å². The van der Waals surface area contributed by atoms with Crippen LogP contribution >= 0.6 is 11.3 Å². The number of methoxy groups -OCH3 is 1. The lowest BCUT2D eigenvalue weighted by Gasteiger charge is -2.24. The lowest BCUT2D eigenvalue weighted by Crippen LogP contribution is -2.41. The van der Waals surface area contributed by atoms with Crippen LogP contribution in [-0.2, 0) is 14.3 Å². The van der Waals surface area contributed by atoms with E-state index < -0.39 is 12.1 Å². The van der Waals surface area contributed by atoms with E-state index >= 15 is 0 Å². The quantitative estimate of drug-likeness (QED) is 0.833. The van der Waals surface area contributed by atoms with Gasteiger partial charge in [-0.1, -0.05) is 11.3 Å². The highest BCUT2D eigenvalue weighted by molar-refractivity contribution is 7.13. The largest absolute Gasteiger partial charge is 0.490 e. The first-order valence-corrected chi connectivity index (χ1v) is 8.25. The Balaban J connectivity index is 0.000000277. The van der Waals surface area contributed by atoms with Crippen molar-refractivity contribution >= 4 is 28.3 Å². The number of fused-ring (bicyclic) bond motifs is 1. The van der Waals surface area contributed by atoms with E-state index in [0.717, 1.165) is 31.1 Å². The summed E-state index contributed by atoms with van der Waals surface area (Å²) in [7, 11) is 1.56. The molecular formula is C13H17F3N4O4S. The maximum absolute atomic E-state index is 11.9. The summed E-state index contributed by atoms with van der Waals surface area (Å²) < 4.78 is 36.7. The summed E-state index contributed by atoms with van der Waals surface area (Å²) in [6.45, 7) is 1.97. The zero-order valence-corrected chi connectivity index (χ0v) is 14.1. The minimum absolute atomic E-state index is 0.101. The molecule has 0 spiro atoms. The van der Waals surface area contributed by atoms with Crippen LogP contribution in [0.4, 0.5) is 18.3 Å². The molecule has 3 heterocycles. The molecule has 8 nitrogen and oxygen atoms in total. The predicted octanol–water partition coefficient (Wildman–Crippen LogP) is 0.997. The van der Waals surface area contributed by atoms with Crippen LogP contribution < -0.4 is 4.90 Å². The zero-order chi connectivity index (χ0) is 18.6. The Morgan fingerprint density at radius 3 is 2.52 bits per heavy atom. The van der Waals surface area contributed by atoms with Gasteiger partial charge in [0.15, 0.2) is 0 Å². The molecule has 1 aromatic heterocycles. The minimum atomic E-state index is -5.08. The van der Waals surface area contributed by atoms with Crippen LogP contribution in [0, 0.1) is 0 Å². The number of carboxylic acids is 1. The zero-order valence-electron chi connectivity index (χ0n) is 13.3. The highest BCUT2D eigenvalue weighted by Crippen LogP contribution is 2.35. The van der Waals surface area contributed by atoms with E-state index in [4.69, 9.17) is 14.6 Å². The maximum Gasteiger partial charge on any atom is 0.490 e. The molecule has 0 saturated carbocycles. The Labute approximate surface area is 145 Å². The fourth-order valence-corrected chi connectivity index (χ4v) is 3.68. The maximum atomic E-state index is 11.9. The predicted molar refractivity (Wildman–Crippen MR) is 81.3 cm³/mol. The molecule has 0 aromatic carbocycles. The lowest BCUT2D eigenvalue weighted by atomic mass is 10.1. The molecule has 140 valence electrons. The number of amides is 1. The molecule has 0 bridgehead atoms. The van der Waals surface area contributed by atoms with Crippen LogP contribution in [0.5, 0.6) is 0 Å². The summed E-state index contributed by atoms with van der Waals surface area (Å²) in [5.41, 5.74) is 1.76. The van der Waals surface area contributed by atoms with Crippen molar-refractivity contribution in [2.24, 2.45) is 0 Å². The second kappa shape index (κ2) is 7.95. The molecule has 1 amide bonds. The molecule has 12 heteroatoms.